The van der Waals surface area contributed by atoms with Crippen LogP contribution in [0.15, 0.2) is 48.6 Å². The molecule has 0 saturated heterocycles. The molecule has 0 saturated carbocycles. The third kappa shape index (κ3) is 4.95. The molecule has 2 aromatic carbocycles. The van der Waals surface area contributed by atoms with Crippen LogP contribution in [-0.4, -0.2) is 11.7 Å². The maximum absolute atomic E-state index is 12.0. The second kappa shape index (κ2) is 7.44. The Kier molecular flexibility index (Phi) is 5.59. The maximum atomic E-state index is 12.0. The number of anilines is 1. The quantitative estimate of drug-likeness (QED) is 0.625. The van der Waals surface area contributed by atoms with Crippen molar-refractivity contribution in [2.45, 2.75) is 13.8 Å². The van der Waals surface area contributed by atoms with Gasteiger partial charge in [-0.2, -0.15) is 0 Å². The van der Waals surface area contributed by atoms with Crippen LogP contribution in [0.3, 0.4) is 0 Å². The van der Waals surface area contributed by atoms with Gasteiger partial charge in [0.05, 0.1) is 10.0 Å². The molecule has 0 aliphatic carbocycles. The molecule has 2 aromatic rings. The van der Waals surface area contributed by atoms with E-state index >= 15 is 0 Å². The number of allylic oxidation sites excluding steroid dienone is 1. The topological polar surface area (TPSA) is 46.2 Å². The lowest BCUT2D eigenvalue weighted by molar-refractivity contribution is -0.111. The number of amides is 1. The van der Waals surface area contributed by atoms with Crippen molar-refractivity contribution in [3.05, 3.63) is 75.3 Å². The highest BCUT2D eigenvalue weighted by Gasteiger charge is 2.06. The molecule has 0 atom stereocenters. The molecule has 23 heavy (non-hydrogen) atoms. The van der Waals surface area contributed by atoms with Crippen LogP contribution in [0.2, 0.25) is 10.0 Å². The first-order chi connectivity index (χ1) is 10.8. The Balaban J connectivity index is 2.05. The molecule has 0 spiro atoms. The van der Waals surface area contributed by atoms with Gasteiger partial charge in [-0.3, -0.25) is 9.59 Å². The van der Waals surface area contributed by atoms with E-state index in [9.17, 15) is 9.59 Å². The Labute approximate surface area is 144 Å². The fourth-order valence-corrected chi connectivity index (χ4v) is 2.43. The van der Waals surface area contributed by atoms with Gasteiger partial charge in [0.2, 0.25) is 5.91 Å². The third-order valence-electron chi connectivity index (χ3n) is 3.08. The second-order valence-corrected chi connectivity index (χ2v) is 6.01. The van der Waals surface area contributed by atoms with Crippen molar-refractivity contribution in [1.82, 2.24) is 0 Å². The lowest BCUT2D eigenvalue weighted by atomic mass is 10.1. The van der Waals surface area contributed by atoms with E-state index in [0.717, 1.165) is 11.1 Å². The molecule has 0 aliphatic heterocycles. The predicted octanol–water partition coefficient (Wildman–Crippen LogP) is 4.99. The summed E-state index contributed by atoms with van der Waals surface area (Å²) in [7, 11) is 0. The summed E-state index contributed by atoms with van der Waals surface area (Å²) >= 11 is 11.7. The molecule has 2 rings (SSSR count). The number of hydrogen-bond donors (Lipinski definition) is 1. The van der Waals surface area contributed by atoms with Crippen LogP contribution in [0.25, 0.3) is 0 Å². The highest BCUT2D eigenvalue weighted by atomic mass is 35.5. The molecule has 0 bridgehead atoms. The lowest BCUT2D eigenvalue weighted by Crippen LogP contribution is -2.09. The molecule has 0 aliphatic rings. The average Bonchev–Trinajstić information content (AvgIpc) is 2.46. The van der Waals surface area contributed by atoms with E-state index in [-0.39, 0.29) is 11.7 Å². The molecule has 0 heterocycles. The van der Waals surface area contributed by atoms with Crippen LogP contribution in [0, 0.1) is 13.8 Å². The van der Waals surface area contributed by atoms with Crippen LogP contribution >= 0.6 is 23.2 Å². The van der Waals surface area contributed by atoms with Crippen molar-refractivity contribution in [2.24, 2.45) is 0 Å². The summed E-state index contributed by atoms with van der Waals surface area (Å²) in [5.41, 5.74) is 3.17. The van der Waals surface area contributed by atoms with Crippen molar-refractivity contribution in [1.29, 1.82) is 0 Å². The van der Waals surface area contributed by atoms with Crippen LogP contribution in [0.1, 0.15) is 21.5 Å². The molecule has 0 aromatic heterocycles. The van der Waals surface area contributed by atoms with Gasteiger partial charge in [-0.05, 0) is 61.4 Å². The van der Waals surface area contributed by atoms with Gasteiger partial charge in [0.15, 0.2) is 5.78 Å². The summed E-state index contributed by atoms with van der Waals surface area (Å²) in [6.45, 7) is 3.90. The highest BCUT2D eigenvalue weighted by molar-refractivity contribution is 6.42. The molecule has 0 unspecified atom stereocenters. The maximum Gasteiger partial charge on any atom is 0.248 e. The largest absolute Gasteiger partial charge is 0.322 e. The van der Waals surface area contributed by atoms with Crippen LogP contribution in [0.5, 0.6) is 0 Å². The molecule has 118 valence electrons. The minimum Gasteiger partial charge on any atom is -0.322 e. The van der Waals surface area contributed by atoms with Gasteiger partial charge in [-0.15, -0.1) is 0 Å². The van der Waals surface area contributed by atoms with Gasteiger partial charge in [0.25, 0.3) is 0 Å². The number of ketones is 1. The SMILES string of the molecule is Cc1cc(C)cc(NC(=O)C=CC(=O)c2ccc(Cl)c(Cl)c2)c1. The van der Waals surface area contributed by atoms with Crippen LogP contribution in [0.4, 0.5) is 5.69 Å². The highest BCUT2D eigenvalue weighted by Crippen LogP contribution is 2.23. The standard InChI is InChI=1S/C18H15Cl2NO2/c1-11-7-12(2)9-14(8-11)21-18(23)6-5-17(22)13-3-4-15(19)16(20)10-13/h3-10H,1-2H3,(H,21,23). The van der Waals surface area contributed by atoms with Gasteiger partial charge in [0.1, 0.15) is 0 Å². The van der Waals surface area contributed by atoms with Crippen LogP contribution in [-0.2, 0) is 4.79 Å². The molecular formula is C18H15Cl2NO2. The number of nitrogens with one attached hydrogen (secondary N) is 1. The molecule has 0 radical (unpaired) electrons. The Morgan fingerprint density at radius 3 is 2.17 bits per heavy atom. The minimum atomic E-state index is -0.372. The van der Waals surface area contributed by atoms with E-state index in [1.54, 1.807) is 12.1 Å². The summed E-state index contributed by atoms with van der Waals surface area (Å²) in [4.78, 5) is 23.9. The van der Waals surface area contributed by atoms with Crippen molar-refractivity contribution in [3.63, 3.8) is 0 Å². The zero-order valence-corrected chi connectivity index (χ0v) is 14.2. The van der Waals surface area contributed by atoms with Gasteiger partial charge < -0.3 is 5.32 Å². The fraction of sp³-hybridized carbons (Fsp3) is 0.111. The number of carbonyl (C=O) groups is 2. The predicted molar refractivity (Wildman–Crippen MR) is 94.5 cm³/mol. The summed E-state index contributed by atoms with van der Waals surface area (Å²) in [5.74, 6) is -0.692. The molecular weight excluding hydrogens is 333 g/mol. The Morgan fingerprint density at radius 1 is 0.913 bits per heavy atom. The Hall–Kier alpha value is -2.10. The van der Waals surface area contributed by atoms with Crippen molar-refractivity contribution >= 4 is 40.6 Å². The summed E-state index contributed by atoms with van der Waals surface area (Å²) in [6, 6.07) is 10.3. The first-order valence-electron chi connectivity index (χ1n) is 6.92. The second-order valence-electron chi connectivity index (χ2n) is 5.19. The first-order valence-corrected chi connectivity index (χ1v) is 7.67. The fourth-order valence-electron chi connectivity index (χ4n) is 2.13. The van der Waals surface area contributed by atoms with Gasteiger partial charge in [-0.1, -0.05) is 29.3 Å². The zero-order valence-electron chi connectivity index (χ0n) is 12.7. The van der Waals surface area contributed by atoms with E-state index in [1.807, 2.05) is 32.0 Å². The zero-order chi connectivity index (χ0) is 17.0. The molecule has 1 amide bonds. The monoisotopic (exact) mass is 347 g/mol. The van der Waals surface area contributed by atoms with E-state index < -0.39 is 0 Å². The number of carbonyl (C=O) groups excluding carboxylic acids is 2. The van der Waals surface area contributed by atoms with Gasteiger partial charge in [-0.25, -0.2) is 0 Å². The van der Waals surface area contributed by atoms with E-state index in [1.165, 1.54) is 18.2 Å². The number of aryl methyl sites for hydroxylation is 2. The van der Waals surface area contributed by atoms with Crippen molar-refractivity contribution in [3.8, 4) is 0 Å². The summed E-state index contributed by atoms with van der Waals surface area (Å²) < 4.78 is 0. The summed E-state index contributed by atoms with van der Waals surface area (Å²) in [6.07, 6.45) is 2.40. The average molecular weight is 348 g/mol. The molecule has 5 heteroatoms. The number of hydrogen-bond acceptors (Lipinski definition) is 2. The normalized spacial score (nSPS) is 10.8. The van der Waals surface area contributed by atoms with Gasteiger partial charge >= 0.3 is 0 Å². The molecule has 3 nitrogen and oxygen atoms in total. The number of halogens is 2. The van der Waals surface area contributed by atoms with Crippen LogP contribution < -0.4 is 5.32 Å². The van der Waals surface area contributed by atoms with E-state index in [0.29, 0.717) is 21.3 Å². The molecule has 0 fully saturated rings. The summed E-state index contributed by atoms with van der Waals surface area (Å²) in [5, 5.41) is 3.40. The van der Waals surface area contributed by atoms with Crippen molar-refractivity contribution < 1.29 is 9.59 Å². The molecule has 1 N–H and O–H groups in total. The number of rotatable bonds is 4. The Morgan fingerprint density at radius 2 is 1.57 bits per heavy atom. The smallest absolute Gasteiger partial charge is 0.248 e. The van der Waals surface area contributed by atoms with E-state index in [2.05, 4.69) is 5.32 Å². The lowest BCUT2D eigenvalue weighted by Gasteiger charge is -2.05. The first kappa shape index (κ1) is 17.3. The minimum absolute atomic E-state index is 0.297. The van der Waals surface area contributed by atoms with Crippen molar-refractivity contribution in [2.75, 3.05) is 5.32 Å². The van der Waals surface area contributed by atoms with E-state index in [4.69, 9.17) is 23.2 Å². The third-order valence-corrected chi connectivity index (χ3v) is 3.82. The van der Waals surface area contributed by atoms with Gasteiger partial charge in [0, 0.05) is 17.3 Å². The Bertz CT molecular complexity index is 777. The number of benzene rings is 2.